The molecular formula is C17H16ClN3. The lowest BCUT2D eigenvalue weighted by Crippen LogP contribution is -1.97. The first kappa shape index (κ1) is 13.7. The lowest BCUT2D eigenvalue weighted by atomic mass is 10.00. The predicted octanol–water partition coefficient (Wildman–Crippen LogP) is 4.30. The van der Waals surface area contributed by atoms with Crippen LogP contribution in [0.5, 0.6) is 0 Å². The van der Waals surface area contributed by atoms with Crippen LogP contribution in [0.3, 0.4) is 0 Å². The van der Waals surface area contributed by atoms with E-state index in [1.165, 1.54) is 5.56 Å². The van der Waals surface area contributed by atoms with Crippen molar-refractivity contribution in [3.05, 3.63) is 59.1 Å². The third-order valence-corrected chi connectivity index (χ3v) is 3.76. The third-order valence-electron chi connectivity index (χ3n) is 3.53. The predicted molar refractivity (Wildman–Crippen MR) is 88.2 cm³/mol. The molecule has 0 saturated heterocycles. The topological polar surface area (TPSA) is 43.8 Å². The zero-order valence-corrected chi connectivity index (χ0v) is 12.7. The number of anilines is 1. The SMILES string of the molecule is Cc1ccc(-c2c(-c3cccc(Cl)c3)nn(C)c2N)cc1. The van der Waals surface area contributed by atoms with Crippen molar-refractivity contribution in [3.8, 4) is 22.4 Å². The number of aromatic nitrogens is 2. The first-order valence-electron chi connectivity index (χ1n) is 6.71. The average Bonchev–Trinajstić information content (AvgIpc) is 2.76. The molecule has 21 heavy (non-hydrogen) atoms. The Labute approximate surface area is 129 Å². The van der Waals surface area contributed by atoms with Crippen LogP contribution in [0.15, 0.2) is 48.5 Å². The minimum atomic E-state index is 0.647. The van der Waals surface area contributed by atoms with Crippen molar-refractivity contribution < 1.29 is 0 Å². The second-order valence-corrected chi connectivity index (χ2v) is 5.55. The Morgan fingerprint density at radius 1 is 1.05 bits per heavy atom. The van der Waals surface area contributed by atoms with Gasteiger partial charge in [0.15, 0.2) is 0 Å². The second-order valence-electron chi connectivity index (χ2n) is 5.11. The molecule has 1 aromatic heterocycles. The fourth-order valence-corrected chi connectivity index (χ4v) is 2.57. The zero-order chi connectivity index (χ0) is 15.0. The molecule has 0 atom stereocenters. The average molecular weight is 298 g/mol. The van der Waals surface area contributed by atoms with Crippen LogP contribution in [0, 0.1) is 6.92 Å². The van der Waals surface area contributed by atoms with Crippen LogP contribution in [0.25, 0.3) is 22.4 Å². The van der Waals surface area contributed by atoms with Gasteiger partial charge in [-0.15, -0.1) is 0 Å². The Bertz CT molecular complexity index is 788. The van der Waals surface area contributed by atoms with Crippen molar-refractivity contribution in [3.63, 3.8) is 0 Å². The van der Waals surface area contributed by atoms with Gasteiger partial charge in [-0.05, 0) is 24.6 Å². The lowest BCUT2D eigenvalue weighted by Gasteiger charge is -2.05. The molecule has 0 spiro atoms. The summed E-state index contributed by atoms with van der Waals surface area (Å²) in [6.07, 6.45) is 0. The Hall–Kier alpha value is -2.26. The summed E-state index contributed by atoms with van der Waals surface area (Å²) in [7, 11) is 1.85. The molecule has 0 amide bonds. The Kier molecular flexibility index (Phi) is 3.43. The van der Waals surface area contributed by atoms with Crippen molar-refractivity contribution in [2.24, 2.45) is 7.05 Å². The van der Waals surface area contributed by atoms with Crippen molar-refractivity contribution in [1.29, 1.82) is 0 Å². The van der Waals surface area contributed by atoms with Gasteiger partial charge in [-0.2, -0.15) is 5.10 Å². The summed E-state index contributed by atoms with van der Waals surface area (Å²) in [5.41, 5.74) is 11.2. The Morgan fingerprint density at radius 3 is 2.43 bits per heavy atom. The van der Waals surface area contributed by atoms with E-state index in [1.54, 1.807) is 4.68 Å². The van der Waals surface area contributed by atoms with E-state index < -0.39 is 0 Å². The molecule has 3 aromatic rings. The molecule has 0 aliphatic rings. The summed E-state index contributed by atoms with van der Waals surface area (Å²) >= 11 is 6.09. The molecule has 0 aliphatic carbocycles. The highest BCUT2D eigenvalue weighted by atomic mass is 35.5. The number of hydrogen-bond acceptors (Lipinski definition) is 2. The molecule has 3 nitrogen and oxygen atoms in total. The van der Waals surface area contributed by atoms with Gasteiger partial charge < -0.3 is 5.73 Å². The summed E-state index contributed by atoms with van der Waals surface area (Å²) in [6.45, 7) is 2.06. The molecule has 1 heterocycles. The second kappa shape index (κ2) is 5.26. The fraction of sp³-hybridized carbons (Fsp3) is 0.118. The van der Waals surface area contributed by atoms with E-state index in [1.807, 2.05) is 31.3 Å². The summed E-state index contributed by atoms with van der Waals surface area (Å²) in [4.78, 5) is 0. The van der Waals surface area contributed by atoms with Crippen LogP contribution in [-0.4, -0.2) is 9.78 Å². The highest BCUT2D eigenvalue weighted by Gasteiger charge is 2.17. The van der Waals surface area contributed by atoms with E-state index in [2.05, 4.69) is 36.3 Å². The maximum Gasteiger partial charge on any atom is 0.129 e. The molecule has 4 heteroatoms. The molecule has 3 rings (SSSR count). The number of benzene rings is 2. The largest absolute Gasteiger partial charge is 0.383 e. The van der Waals surface area contributed by atoms with E-state index >= 15 is 0 Å². The summed E-state index contributed by atoms with van der Waals surface area (Å²) in [5, 5.41) is 5.24. The van der Waals surface area contributed by atoms with Crippen LogP contribution >= 0.6 is 11.6 Å². The maximum absolute atomic E-state index is 6.22. The molecule has 0 unspecified atom stereocenters. The van der Waals surface area contributed by atoms with E-state index in [0.717, 1.165) is 22.4 Å². The van der Waals surface area contributed by atoms with Gasteiger partial charge in [-0.1, -0.05) is 53.6 Å². The normalized spacial score (nSPS) is 10.8. The number of halogens is 1. The minimum Gasteiger partial charge on any atom is -0.383 e. The summed E-state index contributed by atoms with van der Waals surface area (Å²) in [5.74, 6) is 0.647. The van der Waals surface area contributed by atoms with E-state index in [4.69, 9.17) is 17.3 Å². The van der Waals surface area contributed by atoms with Crippen LogP contribution in [-0.2, 0) is 7.05 Å². The number of aryl methyl sites for hydroxylation is 2. The molecule has 0 saturated carbocycles. The van der Waals surface area contributed by atoms with Gasteiger partial charge in [0.1, 0.15) is 11.5 Å². The van der Waals surface area contributed by atoms with Crippen molar-refractivity contribution in [2.75, 3.05) is 5.73 Å². The molecule has 0 radical (unpaired) electrons. The first-order valence-corrected chi connectivity index (χ1v) is 7.09. The quantitative estimate of drug-likeness (QED) is 0.766. The van der Waals surface area contributed by atoms with Crippen LogP contribution in [0.2, 0.25) is 5.02 Å². The monoisotopic (exact) mass is 297 g/mol. The fourth-order valence-electron chi connectivity index (χ4n) is 2.38. The molecule has 0 bridgehead atoms. The van der Waals surface area contributed by atoms with Gasteiger partial charge in [0.2, 0.25) is 0 Å². The van der Waals surface area contributed by atoms with Crippen LogP contribution in [0.1, 0.15) is 5.56 Å². The number of rotatable bonds is 2. The lowest BCUT2D eigenvalue weighted by molar-refractivity contribution is 0.782. The number of nitrogens with two attached hydrogens (primary N) is 1. The molecule has 0 aliphatic heterocycles. The zero-order valence-electron chi connectivity index (χ0n) is 12.0. The molecule has 2 N–H and O–H groups in total. The highest BCUT2D eigenvalue weighted by Crippen LogP contribution is 2.36. The van der Waals surface area contributed by atoms with Gasteiger partial charge in [-0.3, -0.25) is 4.68 Å². The van der Waals surface area contributed by atoms with Crippen LogP contribution in [0.4, 0.5) is 5.82 Å². The first-order chi connectivity index (χ1) is 10.1. The molecule has 106 valence electrons. The third kappa shape index (κ3) is 2.52. The summed E-state index contributed by atoms with van der Waals surface area (Å²) < 4.78 is 1.70. The number of nitrogens with zero attached hydrogens (tertiary/aromatic N) is 2. The summed E-state index contributed by atoms with van der Waals surface area (Å²) in [6, 6.07) is 15.9. The van der Waals surface area contributed by atoms with Gasteiger partial charge in [0.05, 0.1) is 5.56 Å². The highest BCUT2D eigenvalue weighted by molar-refractivity contribution is 6.30. The van der Waals surface area contributed by atoms with Gasteiger partial charge in [0, 0.05) is 17.6 Å². The van der Waals surface area contributed by atoms with Gasteiger partial charge in [0.25, 0.3) is 0 Å². The van der Waals surface area contributed by atoms with Crippen molar-refractivity contribution >= 4 is 17.4 Å². The van der Waals surface area contributed by atoms with Crippen LogP contribution < -0.4 is 5.73 Å². The maximum atomic E-state index is 6.22. The van der Waals surface area contributed by atoms with Crippen molar-refractivity contribution in [2.45, 2.75) is 6.92 Å². The van der Waals surface area contributed by atoms with E-state index in [9.17, 15) is 0 Å². The Morgan fingerprint density at radius 2 is 1.76 bits per heavy atom. The number of nitrogen functional groups attached to an aromatic ring is 1. The van der Waals surface area contributed by atoms with E-state index in [0.29, 0.717) is 10.8 Å². The van der Waals surface area contributed by atoms with Gasteiger partial charge in [-0.25, -0.2) is 0 Å². The van der Waals surface area contributed by atoms with Gasteiger partial charge >= 0.3 is 0 Å². The number of hydrogen-bond donors (Lipinski definition) is 1. The van der Waals surface area contributed by atoms with Crippen molar-refractivity contribution in [1.82, 2.24) is 9.78 Å². The molecule has 0 fully saturated rings. The minimum absolute atomic E-state index is 0.647. The standard InChI is InChI=1S/C17H16ClN3/c1-11-6-8-12(9-7-11)15-16(20-21(2)17(15)19)13-4-3-5-14(18)10-13/h3-10H,19H2,1-2H3. The molecular weight excluding hydrogens is 282 g/mol. The molecule has 2 aromatic carbocycles. The van der Waals surface area contributed by atoms with E-state index in [-0.39, 0.29) is 0 Å². The smallest absolute Gasteiger partial charge is 0.129 e. The Balaban J connectivity index is 2.23.